The zero-order valence-corrected chi connectivity index (χ0v) is 10.6. The maximum absolute atomic E-state index is 2.49. The highest BCUT2D eigenvalue weighted by Crippen LogP contribution is 2.56. The van der Waals surface area contributed by atoms with Crippen LogP contribution in [0.5, 0.6) is 0 Å². The quantitative estimate of drug-likeness (QED) is 0.657. The molecule has 1 saturated heterocycles. The number of hydrogen-bond donors (Lipinski definition) is 0. The third kappa shape index (κ3) is 0.844. The predicted molar refractivity (Wildman–Crippen MR) is 67.8 cm³/mol. The second-order valence-corrected chi connectivity index (χ2v) is 5.60. The summed E-state index contributed by atoms with van der Waals surface area (Å²) in [7, 11) is 4.47. The van der Waals surface area contributed by atoms with E-state index in [1.54, 1.807) is 0 Å². The lowest BCUT2D eigenvalue weighted by Gasteiger charge is -2.44. The Bertz CT molecular complexity index is 442. The van der Waals surface area contributed by atoms with Gasteiger partial charge in [0.1, 0.15) is 0 Å². The summed E-state index contributed by atoms with van der Waals surface area (Å²) in [5, 5.41) is 0. The Balaban J connectivity index is 2.27. The van der Waals surface area contributed by atoms with Gasteiger partial charge in [-0.1, -0.05) is 25.1 Å². The van der Waals surface area contributed by atoms with Crippen molar-refractivity contribution in [1.82, 2.24) is 4.90 Å². The van der Waals surface area contributed by atoms with Crippen LogP contribution in [0.3, 0.4) is 0 Å². The lowest BCUT2D eigenvalue weighted by Crippen LogP contribution is -2.57. The van der Waals surface area contributed by atoms with E-state index in [-0.39, 0.29) is 11.1 Å². The van der Waals surface area contributed by atoms with Crippen LogP contribution in [0.1, 0.15) is 25.8 Å². The van der Waals surface area contributed by atoms with E-state index in [4.69, 9.17) is 0 Å². The first-order chi connectivity index (χ1) is 7.52. The number of likely N-dealkylation sites (N-methyl/N-ethyl adjacent to an activating group) is 2. The molecule has 2 aliphatic heterocycles. The predicted octanol–water partition coefficient (Wildman–Crippen LogP) is 2.45. The van der Waals surface area contributed by atoms with Crippen molar-refractivity contribution in [3.05, 3.63) is 29.8 Å². The zero-order valence-electron chi connectivity index (χ0n) is 10.6. The number of nitrogens with zero attached hydrogens (tertiary/aromatic N) is 2. The van der Waals surface area contributed by atoms with E-state index >= 15 is 0 Å². The molecule has 2 heteroatoms. The molecule has 1 aromatic rings. The van der Waals surface area contributed by atoms with Gasteiger partial charge in [0, 0.05) is 24.7 Å². The Kier molecular flexibility index (Phi) is 1.78. The molecular formula is C14H20N2. The maximum Gasteiger partial charge on any atom is 0.0995 e. The van der Waals surface area contributed by atoms with Crippen molar-refractivity contribution in [3.8, 4) is 0 Å². The van der Waals surface area contributed by atoms with Crippen molar-refractivity contribution < 1.29 is 0 Å². The zero-order chi connectivity index (χ0) is 11.6. The molecule has 1 fully saturated rings. The van der Waals surface area contributed by atoms with Crippen LogP contribution in [0.4, 0.5) is 5.69 Å². The first-order valence-corrected chi connectivity index (χ1v) is 6.06. The number of benzene rings is 1. The van der Waals surface area contributed by atoms with Crippen molar-refractivity contribution in [1.29, 1.82) is 0 Å². The van der Waals surface area contributed by atoms with E-state index in [0.29, 0.717) is 0 Å². The lowest BCUT2D eigenvalue weighted by atomic mass is 9.75. The standard InChI is InChI=1S/C14H20N2/c1-13-9-10-15(3)14(13,2)16(4)12-8-6-5-7-11(12)13/h5-8H,9-10H2,1-4H3. The Morgan fingerprint density at radius 2 is 1.81 bits per heavy atom. The van der Waals surface area contributed by atoms with Gasteiger partial charge in [-0.05, 0) is 32.0 Å². The normalized spacial score (nSPS) is 37.6. The Labute approximate surface area is 97.9 Å². The lowest BCUT2D eigenvalue weighted by molar-refractivity contribution is 0.148. The van der Waals surface area contributed by atoms with Crippen molar-refractivity contribution in [2.75, 3.05) is 25.5 Å². The van der Waals surface area contributed by atoms with Crippen LogP contribution in [0.25, 0.3) is 0 Å². The Morgan fingerprint density at radius 3 is 2.56 bits per heavy atom. The second kappa shape index (κ2) is 2.80. The van der Waals surface area contributed by atoms with Gasteiger partial charge in [0.05, 0.1) is 5.66 Å². The molecule has 0 spiro atoms. The summed E-state index contributed by atoms with van der Waals surface area (Å²) in [6.07, 6.45) is 1.25. The number of hydrogen-bond acceptors (Lipinski definition) is 2. The number of rotatable bonds is 0. The molecule has 0 bridgehead atoms. The van der Waals surface area contributed by atoms with Crippen molar-refractivity contribution >= 4 is 5.69 Å². The fraction of sp³-hybridized carbons (Fsp3) is 0.571. The summed E-state index contributed by atoms with van der Waals surface area (Å²) < 4.78 is 0. The van der Waals surface area contributed by atoms with E-state index in [9.17, 15) is 0 Å². The van der Waals surface area contributed by atoms with Crippen LogP contribution in [-0.2, 0) is 5.41 Å². The molecule has 2 aliphatic rings. The molecule has 0 saturated carbocycles. The summed E-state index contributed by atoms with van der Waals surface area (Å²) in [6.45, 7) is 5.98. The summed E-state index contributed by atoms with van der Waals surface area (Å²) in [4.78, 5) is 4.95. The van der Waals surface area contributed by atoms with Gasteiger partial charge < -0.3 is 4.90 Å². The van der Waals surface area contributed by atoms with Crippen LogP contribution in [0.15, 0.2) is 24.3 Å². The van der Waals surface area contributed by atoms with Gasteiger partial charge in [0.25, 0.3) is 0 Å². The van der Waals surface area contributed by atoms with Crippen LogP contribution in [-0.4, -0.2) is 31.2 Å². The van der Waals surface area contributed by atoms with Gasteiger partial charge in [-0.25, -0.2) is 0 Å². The maximum atomic E-state index is 2.49. The van der Waals surface area contributed by atoms with E-state index < -0.39 is 0 Å². The average molecular weight is 216 g/mol. The van der Waals surface area contributed by atoms with Gasteiger partial charge in [-0.3, -0.25) is 4.90 Å². The van der Waals surface area contributed by atoms with E-state index in [1.165, 1.54) is 24.2 Å². The molecule has 0 aliphatic carbocycles. The van der Waals surface area contributed by atoms with E-state index in [0.717, 1.165) is 0 Å². The third-order valence-electron chi connectivity index (χ3n) is 5.25. The van der Waals surface area contributed by atoms with Crippen LogP contribution in [0, 0.1) is 0 Å². The number of likely N-dealkylation sites (tertiary alicyclic amines) is 1. The SMILES string of the molecule is CN1CCC2(C)c3ccccc3N(C)C12C. The molecule has 3 rings (SSSR count). The van der Waals surface area contributed by atoms with Crippen LogP contribution in [0.2, 0.25) is 0 Å². The molecule has 16 heavy (non-hydrogen) atoms. The van der Waals surface area contributed by atoms with Crippen molar-refractivity contribution in [3.63, 3.8) is 0 Å². The number of fused-ring (bicyclic) bond motifs is 3. The van der Waals surface area contributed by atoms with Crippen molar-refractivity contribution in [2.24, 2.45) is 0 Å². The Morgan fingerprint density at radius 1 is 1.12 bits per heavy atom. The molecule has 0 N–H and O–H groups in total. The third-order valence-corrected chi connectivity index (χ3v) is 5.25. The molecule has 2 atom stereocenters. The highest BCUT2D eigenvalue weighted by Gasteiger charge is 2.60. The smallest absolute Gasteiger partial charge is 0.0995 e. The van der Waals surface area contributed by atoms with Gasteiger partial charge >= 0.3 is 0 Å². The first-order valence-electron chi connectivity index (χ1n) is 6.06. The van der Waals surface area contributed by atoms with Crippen LogP contribution >= 0.6 is 0 Å². The largest absolute Gasteiger partial charge is 0.355 e. The fourth-order valence-electron chi connectivity index (χ4n) is 3.75. The monoisotopic (exact) mass is 216 g/mol. The molecule has 0 radical (unpaired) electrons. The molecule has 0 amide bonds. The molecule has 2 heterocycles. The fourth-order valence-corrected chi connectivity index (χ4v) is 3.75. The van der Waals surface area contributed by atoms with Gasteiger partial charge in [-0.15, -0.1) is 0 Å². The van der Waals surface area contributed by atoms with Crippen LogP contribution < -0.4 is 4.90 Å². The number of para-hydroxylation sites is 1. The summed E-state index contributed by atoms with van der Waals surface area (Å²) in [6, 6.07) is 8.86. The van der Waals surface area contributed by atoms with Gasteiger partial charge in [0.2, 0.25) is 0 Å². The summed E-state index contributed by atoms with van der Waals surface area (Å²) >= 11 is 0. The minimum absolute atomic E-state index is 0.136. The topological polar surface area (TPSA) is 6.48 Å². The molecule has 86 valence electrons. The molecule has 0 aromatic heterocycles. The average Bonchev–Trinajstić information content (AvgIpc) is 2.63. The second-order valence-electron chi connectivity index (χ2n) is 5.60. The molecule has 2 nitrogen and oxygen atoms in total. The molecular weight excluding hydrogens is 196 g/mol. The first kappa shape index (κ1) is 10.2. The minimum Gasteiger partial charge on any atom is -0.355 e. The molecule has 1 aromatic carbocycles. The molecule has 2 unspecified atom stereocenters. The highest BCUT2D eigenvalue weighted by atomic mass is 15.4. The number of anilines is 1. The van der Waals surface area contributed by atoms with Crippen molar-refractivity contribution in [2.45, 2.75) is 31.3 Å². The van der Waals surface area contributed by atoms with Gasteiger partial charge in [-0.2, -0.15) is 0 Å². The van der Waals surface area contributed by atoms with Gasteiger partial charge in [0.15, 0.2) is 0 Å². The highest BCUT2D eigenvalue weighted by molar-refractivity contribution is 5.66. The summed E-state index contributed by atoms with van der Waals surface area (Å²) in [5.74, 6) is 0. The minimum atomic E-state index is 0.136. The summed E-state index contributed by atoms with van der Waals surface area (Å²) in [5.41, 5.74) is 3.33. The van der Waals surface area contributed by atoms with E-state index in [2.05, 4.69) is 62.0 Å². The van der Waals surface area contributed by atoms with E-state index in [1.807, 2.05) is 0 Å². The Hall–Kier alpha value is -1.02.